The molecule has 1 aromatic rings. The van der Waals surface area contributed by atoms with Crippen molar-refractivity contribution >= 4 is 11.6 Å². The molecule has 1 aromatic carbocycles. The monoisotopic (exact) mass is 234 g/mol. The summed E-state index contributed by atoms with van der Waals surface area (Å²) in [5, 5.41) is 2.53. The van der Waals surface area contributed by atoms with Gasteiger partial charge in [0, 0.05) is 11.8 Å². The van der Waals surface area contributed by atoms with Gasteiger partial charge in [0.15, 0.2) is 11.5 Å². The van der Waals surface area contributed by atoms with Crippen molar-refractivity contribution in [2.24, 2.45) is 0 Å². The fourth-order valence-electron chi connectivity index (χ4n) is 1.32. The summed E-state index contributed by atoms with van der Waals surface area (Å²) in [6.45, 7) is 0.145. The molecule has 0 saturated heterocycles. The first-order valence-corrected chi connectivity index (χ1v) is 4.87. The fraction of sp³-hybridized carbons (Fsp3) is 0.250. The molecule has 0 atom stereocenters. The number of benzene rings is 1. The second-order valence-electron chi connectivity index (χ2n) is 3.18. The summed E-state index contributed by atoms with van der Waals surface area (Å²) in [7, 11) is 2.98. The average molecular weight is 234 g/mol. The molecule has 0 aliphatic carbocycles. The van der Waals surface area contributed by atoms with E-state index in [0.717, 1.165) is 0 Å². The average Bonchev–Trinajstić information content (AvgIpc) is 2.35. The molecule has 1 rings (SSSR count). The molecular formula is C12H14N2O3. The summed E-state index contributed by atoms with van der Waals surface area (Å²) >= 11 is 0. The van der Waals surface area contributed by atoms with E-state index in [4.69, 9.17) is 21.6 Å². The number of methoxy groups -OCH3 is 2. The van der Waals surface area contributed by atoms with Crippen LogP contribution < -0.4 is 20.5 Å². The molecule has 0 saturated carbocycles. The van der Waals surface area contributed by atoms with Crippen molar-refractivity contribution < 1.29 is 14.3 Å². The van der Waals surface area contributed by atoms with E-state index in [1.165, 1.54) is 26.4 Å². The molecule has 5 heteroatoms. The molecule has 0 fully saturated rings. The topological polar surface area (TPSA) is 73.6 Å². The minimum atomic E-state index is -0.346. The number of hydrogen-bond donors (Lipinski definition) is 2. The number of carbonyl (C=O) groups is 1. The largest absolute Gasteiger partial charge is 0.493 e. The van der Waals surface area contributed by atoms with Gasteiger partial charge in [-0.25, -0.2) is 0 Å². The predicted molar refractivity (Wildman–Crippen MR) is 65.1 cm³/mol. The third kappa shape index (κ3) is 2.82. The second kappa shape index (κ2) is 5.66. The highest BCUT2D eigenvalue weighted by atomic mass is 16.5. The number of rotatable bonds is 4. The minimum absolute atomic E-state index is 0.145. The SMILES string of the molecule is C#CCNC(=O)c1cc(OC)c(OC)cc1N. The fourth-order valence-corrected chi connectivity index (χ4v) is 1.32. The first-order chi connectivity index (χ1) is 8.13. The van der Waals surface area contributed by atoms with Crippen molar-refractivity contribution in [2.75, 3.05) is 26.5 Å². The smallest absolute Gasteiger partial charge is 0.254 e. The van der Waals surface area contributed by atoms with Crippen LogP contribution in [0.25, 0.3) is 0 Å². The van der Waals surface area contributed by atoms with E-state index in [-0.39, 0.29) is 12.5 Å². The number of nitrogen functional groups attached to an aromatic ring is 1. The third-order valence-electron chi connectivity index (χ3n) is 2.15. The predicted octanol–water partition coefficient (Wildman–Crippen LogP) is 0.649. The lowest BCUT2D eigenvalue weighted by molar-refractivity contribution is 0.0959. The zero-order valence-electron chi connectivity index (χ0n) is 9.74. The summed E-state index contributed by atoms with van der Waals surface area (Å²) in [6, 6.07) is 3.05. The first kappa shape index (κ1) is 12.7. The van der Waals surface area contributed by atoms with E-state index >= 15 is 0 Å². The molecule has 0 aromatic heterocycles. The highest BCUT2D eigenvalue weighted by molar-refractivity contribution is 6.00. The van der Waals surface area contributed by atoms with Crippen LogP contribution in [-0.2, 0) is 0 Å². The molecule has 3 N–H and O–H groups in total. The maximum Gasteiger partial charge on any atom is 0.254 e. The van der Waals surface area contributed by atoms with Crippen molar-refractivity contribution in [1.29, 1.82) is 0 Å². The standard InChI is InChI=1S/C12H14N2O3/c1-4-5-14-12(15)8-6-10(16-2)11(17-3)7-9(8)13/h1,6-7H,5,13H2,2-3H3,(H,14,15). The summed E-state index contributed by atoms with van der Waals surface area (Å²) in [5.74, 6) is 2.87. The van der Waals surface area contributed by atoms with Gasteiger partial charge in [-0.1, -0.05) is 5.92 Å². The molecular weight excluding hydrogens is 220 g/mol. The molecule has 0 unspecified atom stereocenters. The normalized spacial score (nSPS) is 9.24. The Labute approximate surface area is 99.9 Å². The maximum atomic E-state index is 11.7. The Bertz CT molecular complexity index is 464. The van der Waals surface area contributed by atoms with E-state index in [0.29, 0.717) is 22.7 Å². The molecule has 0 bridgehead atoms. The number of nitrogens with two attached hydrogens (primary N) is 1. The second-order valence-corrected chi connectivity index (χ2v) is 3.18. The number of terminal acetylenes is 1. The zero-order chi connectivity index (χ0) is 12.8. The molecule has 5 nitrogen and oxygen atoms in total. The molecule has 1 amide bonds. The van der Waals surface area contributed by atoms with Crippen molar-refractivity contribution in [3.05, 3.63) is 17.7 Å². The number of anilines is 1. The Hall–Kier alpha value is -2.35. The van der Waals surface area contributed by atoms with Gasteiger partial charge < -0.3 is 20.5 Å². The number of amides is 1. The summed E-state index contributed by atoms with van der Waals surface area (Å²) < 4.78 is 10.1. The lowest BCUT2D eigenvalue weighted by Gasteiger charge is -2.11. The van der Waals surface area contributed by atoms with E-state index in [2.05, 4.69) is 11.2 Å². The van der Waals surface area contributed by atoms with Crippen LogP contribution in [-0.4, -0.2) is 26.7 Å². The van der Waals surface area contributed by atoms with Crippen molar-refractivity contribution in [1.82, 2.24) is 5.32 Å². The van der Waals surface area contributed by atoms with Crippen LogP contribution in [0.3, 0.4) is 0 Å². The van der Waals surface area contributed by atoms with Gasteiger partial charge in [0.2, 0.25) is 0 Å². The van der Waals surface area contributed by atoms with Gasteiger partial charge in [0.1, 0.15) is 0 Å². The van der Waals surface area contributed by atoms with Gasteiger partial charge in [-0.2, -0.15) is 0 Å². The van der Waals surface area contributed by atoms with Crippen LogP contribution in [0.2, 0.25) is 0 Å². The molecule has 90 valence electrons. The quantitative estimate of drug-likeness (QED) is 0.592. The van der Waals surface area contributed by atoms with Gasteiger partial charge in [-0.15, -0.1) is 6.42 Å². The summed E-state index contributed by atoms with van der Waals surface area (Å²) in [6.07, 6.45) is 5.05. The van der Waals surface area contributed by atoms with Crippen LogP contribution in [0.5, 0.6) is 11.5 Å². The summed E-state index contributed by atoms with van der Waals surface area (Å²) in [5.41, 5.74) is 6.35. The molecule has 0 heterocycles. The molecule has 0 radical (unpaired) electrons. The maximum absolute atomic E-state index is 11.7. The van der Waals surface area contributed by atoms with E-state index < -0.39 is 0 Å². The Morgan fingerprint density at radius 2 is 2.00 bits per heavy atom. The van der Waals surface area contributed by atoms with Crippen LogP contribution in [0.15, 0.2) is 12.1 Å². The molecule has 0 spiro atoms. The van der Waals surface area contributed by atoms with E-state index in [1.54, 1.807) is 0 Å². The zero-order valence-corrected chi connectivity index (χ0v) is 9.74. The van der Waals surface area contributed by atoms with Gasteiger partial charge in [-0.05, 0) is 6.07 Å². The minimum Gasteiger partial charge on any atom is -0.493 e. The number of hydrogen-bond acceptors (Lipinski definition) is 4. The van der Waals surface area contributed by atoms with Crippen LogP contribution >= 0.6 is 0 Å². The van der Waals surface area contributed by atoms with Gasteiger partial charge in [0.05, 0.1) is 26.3 Å². The van der Waals surface area contributed by atoms with Crippen molar-refractivity contribution in [3.63, 3.8) is 0 Å². The lowest BCUT2D eigenvalue weighted by atomic mass is 10.1. The molecule has 0 aliphatic heterocycles. The number of carbonyl (C=O) groups excluding carboxylic acids is 1. The van der Waals surface area contributed by atoms with Crippen molar-refractivity contribution in [2.45, 2.75) is 0 Å². The third-order valence-corrected chi connectivity index (χ3v) is 2.15. The van der Waals surface area contributed by atoms with E-state index in [1.807, 2.05) is 0 Å². The van der Waals surface area contributed by atoms with Crippen molar-refractivity contribution in [3.8, 4) is 23.8 Å². The lowest BCUT2D eigenvalue weighted by Crippen LogP contribution is -2.24. The molecule has 0 aliphatic rings. The Balaban J connectivity index is 3.09. The van der Waals surface area contributed by atoms with Crippen LogP contribution in [0.4, 0.5) is 5.69 Å². The van der Waals surface area contributed by atoms with Gasteiger partial charge >= 0.3 is 0 Å². The number of ether oxygens (including phenoxy) is 2. The Kier molecular flexibility index (Phi) is 4.23. The van der Waals surface area contributed by atoms with Crippen LogP contribution in [0.1, 0.15) is 10.4 Å². The Morgan fingerprint density at radius 3 is 2.53 bits per heavy atom. The van der Waals surface area contributed by atoms with E-state index in [9.17, 15) is 4.79 Å². The van der Waals surface area contributed by atoms with Gasteiger partial charge in [0.25, 0.3) is 5.91 Å². The molecule has 17 heavy (non-hydrogen) atoms. The Morgan fingerprint density at radius 1 is 1.41 bits per heavy atom. The van der Waals surface area contributed by atoms with Crippen LogP contribution in [0, 0.1) is 12.3 Å². The highest BCUT2D eigenvalue weighted by Gasteiger charge is 2.14. The van der Waals surface area contributed by atoms with Gasteiger partial charge in [-0.3, -0.25) is 4.79 Å². The summed E-state index contributed by atoms with van der Waals surface area (Å²) in [4.78, 5) is 11.7. The highest BCUT2D eigenvalue weighted by Crippen LogP contribution is 2.31. The number of nitrogens with one attached hydrogen (secondary N) is 1. The first-order valence-electron chi connectivity index (χ1n) is 4.87.